The lowest BCUT2D eigenvalue weighted by atomic mass is 10.0. The third-order valence-electron chi connectivity index (χ3n) is 3.19. The van der Waals surface area contributed by atoms with Crippen LogP contribution in [0, 0.1) is 0 Å². The lowest BCUT2D eigenvalue weighted by Gasteiger charge is -2.19. The molecule has 100 valence electrons. The Hall–Kier alpha value is -1.32. The lowest BCUT2D eigenvalue weighted by Crippen LogP contribution is -2.20. The quantitative estimate of drug-likeness (QED) is 0.870. The number of aryl methyl sites for hydroxylation is 1. The molecule has 0 amide bonds. The molecule has 0 radical (unpaired) electrons. The Balaban J connectivity index is 2.15. The monoisotopic (exact) mass is 318 g/mol. The Morgan fingerprint density at radius 2 is 1.89 bits per heavy atom. The second kappa shape index (κ2) is 6.73. The zero-order valence-electron chi connectivity index (χ0n) is 11.1. The number of nitrogens with one attached hydrogen (secondary N) is 1. The van der Waals surface area contributed by atoms with Gasteiger partial charge < -0.3 is 11.1 Å². The molecule has 0 fully saturated rings. The van der Waals surface area contributed by atoms with E-state index in [0.717, 1.165) is 16.6 Å². The summed E-state index contributed by atoms with van der Waals surface area (Å²) < 4.78 is 1.06. The van der Waals surface area contributed by atoms with Crippen LogP contribution in [0.1, 0.15) is 24.1 Å². The van der Waals surface area contributed by atoms with Crippen molar-refractivity contribution in [1.82, 2.24) is 0 Å². The molecule has 0 aliphatic rings. The second-order valence-corrected chi connectivity index (χ2v) is 5.45. The van der Waals surface area contributed by atoms with Gasteiger partial charge in [-0.2, -0.15) is 0 Å². The van der Waals surface area contributed by atoms with Gasteiger partial charge in [-0.05, 0) is 35.7 Å². The second-order valence-electron chi connectivity index (χ2n) is 4.54. The van der Waals surface area contributed by atoms with Crippen LogP contribution in [0.4, 0.5) is 5.69 Å². The SMILES string of the molecule is CCc1ccc(C(CN)Nc2cccc(Br)c2)cc1. The number of hydrogen-bond donors (Lipinski definition) is 2. The van der Waals surface area contributed by atoms with Gasteiger partial charge in [-0.3, -0.25) is 0 Å². The van der Waals surface area contributed by atoms with Crippen molar-refractivity contribution in [2.24, 2.45) is 5.73 Å². The minimum atomic E-state index is 0.139. The predicted octanol–water partition coefficient (Wildman–Crippen LogP) is 4.12. The van der Waals surface area contributed by atoms with E-state index in [9.17, 15) is 0 Å². The van der Waals surface area contributed by atoms with Crippen LogP contribution in [-0.4, -0.2) is 6.54 Å². The molecule has 2 nitrogen and oxygen atoms in total. The van der Waals surface area contributed by atoms with Gasteiger partial charge in [-0.15, -0.1) is 0 Å². The Morgan fingerprint density at radius 3 is 2.47 bits per heavy atom. The third-order valence-corrected chi connectivity index (χ3v) is 3.68. The van der Waals surface area contributed by atoms with E-state index >= 15 is 0 Å². The van der Waals surface area contributed by atoms with Crippen molar-refractivity contribution < 1.29 is 0 Å². The largest absolute Gasteiger partial charge is 0.377 e. The van der Waals surface area contributed by atoms with E-state index in [-0.39, 0.29) is 6.04 Å². The van der Waals surface area contributed by atoms with Gasteiger partial charge in [0.05, 0.1) is 6.04 Å². The Labute approximate surface area is 123 Å². The fraction of sp³-hybridized carbons (Fsp3) is 0.250. The first-order chi connectivity index (χ1) is 9.22. The molecule has 0 aliphatic carbocycles. The van der Waals surface area contributed by atoms with Crippen LogP contribution in [0.2, 0.25) is 0 Å². The van der Waals surface area contributed by atoms with E-state index in [1.165, 1.54) is 11.1 Å². The summed E-state index contributed by atoms with van der Waals surface area (Å²) in [5.74, 6) is 0. The van der Waals surface area contributed by atoms with Crippen molar-refractivity contribution in [1.29, 1.82) is 0 Å². The zero-order valence-corrected chi connectivity index (χ0v) is 12.7. The number of nitrogens with two attached hydrogens (primary N) is 1. The van der Waals surface area contributed by atoms with Crippen LogP contribution >= 0.6 is 15.9 Å². The molecule has 3 N–H and O–H groups in total. The van der Waals surface area contributed by atoms with E-state index in [4.69, 9.17) is 5.73 Å². The number of hydrogen-bond acceptors (Lipinski definition) is 2. The van der Waals surface area contributed by atoms with Gasteiger partial charge in [-0.1, -0.05) is 53.2 Å². The minimum absolute atomic E-state index is 0.139. The van der Waals surface area contributed by atoms with Crippen molar-refractivity contribution >= 4 is 21.6 Å². The molecule has 3 heteroatoms. The summed E-state index contributed by atoms with van der Waals surface area (Å²) in [7, 11) is 0. The maximum absolute atomic E-state index is 5.89. The van der Waals surface area contributed by atoms with Crippen LogP contribution in [0.5, 0.6) is 0 Å². The summed E-state index contributed by atoms with van der Waals surface area (Å²) >= 11 is 3.48. The average Bonchev–Trinajstić information content (AvgIpc) is 2.45. The normalized spacial score (nSPS) is 12.2. The standard InChI is InChI=1S/C16H19BrN2/c1-2-12-6-8-13(9-7-12)16(11-18)19-15-5-3-4-14(17)10-15/h3-10,16,19H,2,11,18H2,1H3. The maximum Gasteiger partial charge on any atom is 0.0636 e. The van der Waals surface area contributed by atoms with Crippen LogP contribution in [0.25, 0.3) is 0 Å². The molecule has 1 unspecified atom stereocenters. The molecular weight excluding hydrogens is 300 g/mol. The van der Waals surface area contributed by atoms with Gasteiger partial charge >= 0.3 is 0 Å². The number of anilines is 1. The number of halogens is 1. The Bertz CT molecular complexity index is 523. The molecule has 1 atom stereocenters. The molecule has 0 bridgehead atoms. The fourth-order valence-electron chi connectivity index (χ4n) is 2.04. The highest BCUT2D eigenvalue weighted by Crippen LogP contribution is 2.22. The molecule has 2 rings (SSSR count). The molecule has 0 heterocycles. The Kier molecular flexibility index (Phi) is 5.00. The summed E-state index contributed by atoms with van der Waals surface area (Å²) in [5.41, 5.74) is 9.53. The maximum atomic E-state index is 5.89. The highest BCUT2D eigenvalue weighted by molar-refractivity contribution is 9.10. The summed E-state index contributed by atoms with van der Waals surface area (Å²) in [6.07, 6.45) is 1.06. The van der Waals surface area contributed by atoms with E-state index in [1.807, 2.05) is 18.2 Å². The van der Waals surface area contributed by atoms with Gasteiger partial charge in [0.1, 0.15) is 0 Å². The van der Waals surface area contributed by atoms with Crippen molar-refractivity contribution in [2.45, 2.75) is 19.4 Å². The highest BCUT2D eigenvalue weighted by Gasteiger charge is 2.09. The summed E-state index contributed by atoms with van der Waals surface area (Å²) in [5, 5.41) is 3.47. The third kappa shape index (κ3) is 3.82. The first-order valence-electron chi connectivity index (χ1n) is 6.54. The van der Waals surface area contributed by atoms with Crippen LogP contribution in [-0.2, 0) is 6.42 Å². The van der Waals surface area contributed by atoms with Crippen molar-refractivity contribution in [3.8, 4) is 0 Å². The molecular formula is C16H19BrN2. The molecule has 0 aliphatic heterocycles. The minimum Gasteiger partial charge on any atom is -0.377 e. The topological polar surface area (TPSA) is 38.0 Å². The molecule has 2 aromatic carbocycles. The van der Waals surface area contributed by atoms with E-state index in [2.05, 4.69) is 58.5 Å². The summed E-state index contributed by atoms with van der Waals surface area (Å²) in [4.78, 5) is 0. The van der Waals surface area contributed by atoms with Crippen molar-refractivity contribution in [3.63, 3.8) is 0 Å². The van der Waals surface area contributed by atoms with E-state index in [1.54, 1.807) is 0 Å². The van der Waals surface area contributed by atoms with E-state index < -0.39 is 0 Å². The van der Waals surface area contributed by atoms with Gasteiger partial charge in [0.2, 0.25) is 0 Å². The van der Waals surface area contributed by atoms with Crippen LogP contribution < -0.4 is 11.1 Å². The molecule has 19 heavy (non-hydrogen) atoms. The highest BCUT2D eigenvalue weighted by atomic mass is 79.9. The zero-order chi connectivity index (χ0) is 13.7. The van der Waals surface area contributed by atoms with Gasteiger partial charge in [0.25, 0.3) is 0 Å². The van der Waals surface area contributed by atoms with Crippen LogP contribution in [0.3, 0.4) is 0 Å². The summed E-state index contributed by atoms with van der Waals surface area (Å²) in [6, 6.07) is 16.9. The van der Waals surface area contributed by atoms with Gasteiger partial charge in [-0.25, -0.2) is 0 Å². The van der Waals surface area contributed by atoms with Gasteiger partial charge in [0.15, 0.2) is 0 Å². The Morgan fingerprint density at radius 1 is 1.16 bits per heavy atom. The molecule has 0 saturated carbocycles. The van der Waals surface area contributed by atoms with Crippen molar-refractivity contribution in [3.05, 3.63) is 64.1 Å². The predicted molar refractivity (Wildman–Crippen MR) is 85.4 cm³/mol. The average molecular weight is 319 g/mol. The van der Waals surface area contributed by atoms with Crippen molar-refractivity contribution in [2.75, 3.05) is 11.9 Å². The first kappa shape index (κ1) is 14.1. The number of rotatable bonds is 5. The molecule has 2 aromatic rings. The number of benzene rings is 2. The van der Waals surface area contributed by atoms with E-state index in [0.29, 0.717) is 6.54 Å². The molecule has 0 spiro atoms. The molecule has 0 aromatic heterocycles. The first-order valence-corrected chi connectivity index (χ1v) is 7.33. The molecule has 0 saturated heterocycles. The van der Waals surface area contributed by atoms with Crippen LogP contribution in [0.15, 0.2) is 53.0 Å². The summed E-state index contributed by atoms with van der Waals surface area (Å²) in [6.45, 7) is 2.73. The lowest BCUT2D eigenvalue weighted by molar-refractivity contribution is 0.789. The van der Waals surface area contributed by atoms with Gasteiger partial charge in [0, 0.05) is 16.7 Å². The fourth-order valence-corrected chi connectivity index (χ4v) is 2.44. The smallest absolute Gasteiger partial charge is 0.0636 e.